The zero-order valence-corrected chi connectivity index (χ0v) is 56.4. The SMILES string of the molecule is C#CC#CC#CC#CC#CC#CC#CC#CC#CC#CC#CC#CC#CC#CC#CC#CC#CC#CC#CC#CC#CC#CC#CC#CC#CC#CC#CC#CC#CC#CC#CC#CC#CC#CC#CC#CC#CC#CC#CC#CC#CC#CC#CC#CC#CC#CC#CC.CC(C)(C)CCN1C(=O)C=CC1=O. The lowest BCUT2D eigenvalue weighted by Gasteiger charge is -2.21. The van der Waals surface area contributed by atoms with E-state index < -0.39 is 0 Å². The molecule has 0 atom stereocenters. The third kappa shape index (κ3) is 73.3. The van der Waals surface area contributed by atoms with Crippen molar-refractivity contribution in [2.75, 3.05) is 6.54 Å². The molecule has 0 N–H and O–H groups in total. The summed E-state index contributed by atoms with van der Waals surface area (Å²) in [6.07, 6.45) is 8.44. The molecule has 0 aromatic heterocycles. The van der Waals surface area contributed by atoms with Crippen molar-refractivity contribution >= 4 is 11.8 Å². The molecular formula is C105H19NO2. The molecule has 0 unspecified atom stereocenters. The van der Waals surface area contributed by atoms with Gasteiger partial charge in [0, 0.05) is 469 Å². The number of rotatable bonds is 2. The number of imide groups is 1. The van der Waals surface area contributed by atoms with Gasteiger partial charge in [0.25, 0.3) is 11.8 Å². The highest BCUT2D eigenvalue weighted by molar-refractivity contribution is 6.12. The minimum absolute atomic E-state index is 0.156. The van der Waals surface area contributed by atoms with Gasteiger partial charge in [-0.2, -0.15) is 0 Å². The van der Waals surface area contributed by atoms with Crippen molar-refractivity contribution in [3.8, 4) is 557 Å². The van der Waals surface area contributed by atoms with Crippen molar-refractivity contribution in [1.82, 2.24) is 4.90 Å². The molecule has 108 heavy (non-hydrogen) atoms. The molecule has 3 nitrogen and oxygen atoms in total. The first-order valence-electron chi connectivity index (χ1n) is 28.2. The predicted molar refractivity (Wildman–Crippen MR) is 422 cm³/mol. The van der Waals surface area contributed by atoms with Gasteiger partial charge >= 0.3 is 0 Å². The molecule has 0 radical (unpaired) electrons. The first-order chi connectivity index (χ1) is 53.3. The van der Waals surface area contributed by atoms with Crippen LogP contribution in [0.3, 0.4) is 0 Å². The highest BCUT2D eigenvalue weighted by Gasteiger charge is 2.24. The van der Waals surface area contributed by atoms with Crippen molar-refractivity contribution in [2.24, 2.45) is 5.41 Å². The summed E-state index contributed by atoms with van der Waals surface area (Å²) in [6, 6.07) is 0. The zero-order valence-electron chi connectivity index (χ0n) is 56.4. The minimum Gasteiger partial charge on any atom is -0.275 e. The lowest BCUT2D eigenvalue weighted by Crippen LogP contribution is -2.32. The Morgan fingerprint density at radius 2 is 0.306 bits per heavy atom. The summed E-state index contributed by atoms with van der Waals surface area (Å²) in [7, 11) is 0. The molecule has 456 valence electrons. The van der Waals surface area contributed by atoms with Gasteiger partial charge in [-0.15, -0.1) is 6.42 Å². The number of carbonyl (C=O) groups is 2. The van der Waals surface area contributed by atoms with Gasteiger partial charge in [0.15, 0.2) is 0 Å². The molecule has 1 rings (SSSR count). The van der Waals surface area contributed by atoms with E-state index in [1.807, 2.05) is 0 Å². The van der Waals surface area contributed by atoms with Gasteiger partial charge in [0.1, 0.15) is 0 Å². The second kappa shape index (κ2) is 74.2. The monoisotopic (exact) mass is 1330 g/mol. The Labute approximate surface area is 637 Å². The highest BCUT2D eigenvalue weighted by atomic mass is 16.2. The van der Waals surface area contributed by atoms with E-state index in [1.165, 1.54) is 17.1 Å². The maximum atomic E-state index is 11.1. The lowest BCUT2D eigenvalue weighted by molar-refractivity contribution is -0.137. The summed E-state index contributed by atoms with van der Waals surface area (Å²) in [4.78, 5) is 23.5. The van der Waals surface area contributed by atoms with Gasteiger partial charge in [-0.25, -0.2) is 0 Å². The van der Waals surface area contributed by atoms with E-state index >= 15 is 0 Å². The molecule has 0 spiro atoms. The Bertz CT molecular complexity index is 7210. The van der Waals surface area contributed by atoms with E-state index in [0.29, 0.717) is 6.54 Å². The van der Waals surface area contributed by atoms with Crippen LogP contribution in [0.2, 0.25) is 0 Å². The van der Waals surface area contributed by atoms with Crippen LogP contribution in [0, 0.1) is 562 Å². The highest BCUT2D eigenvalue weighted by Crippen LogP contribution is 2.19. The summed E-state index contributed by atoms with van der Waals surface area (Å²) >= 11 is 0. The Balaban J connectivity index is 0.00000788. The molecule has 1 heterocycles. The third-order valence-electron chi connectivity index (χ3n) is 7.81. The van der Waals surface area contributed by atoms with Gasteiger partial charge in [0.2, 0.25) is 0 Å². The number of hydrogen-bond acceptors (Lipinski definition) is 2. The molecule has 0 aliphatic carbocycles. The lowest BCUT2D eigenvalue weighted by atomic mass is 9.92. The Morgan fingerprint density at radius 1 is 0.204 bits per heavy atom. The fourth-order valence-electron chi connectivity index (χ4n) is 3.98. The number of hydrogen-bond donors (Lipinski definition) is 0. The average Bonchev–Trinajstić information content (AvgIpc) is 1.73. The Morgan fingerprint density at radius 3 is 0.398 bits per heavy atom. The van der Waals surface area contributed by atoms with Crippen LogP contribution in [0.5, 0.6) is 0 Å². The van der Waals surface area contributed by atoms with E-state index in [2.05, 4.69) is 571 Å². The number of amides is 2. The maximum Gasteiger partial charge on any atom is 0.253 e. The van der Waals surface area contributed by atoms with E-state index in [9.17, 15) is 9.59 Å². The maximum absolute atomic E-state index is 11.1. The Kier molecular flexibility index (Phi) is 59.3. The van der Waals surface area contributed by atoms with E-state index in [4.69, 9.17) is 6.42 Å². The predicted octanol–water partition coefficient (Wildman–Crippen LogP) is 2.14. The minimum atomic E-state index is -0.186. The summed E-state index contributed by atoms with van der Waals surface area (Å²) in [5.74, 6) is 231. The normalized spacial score (nSPS) is 5.56. The van der Waals surface area contributed by atoms with Gasteiger partial charge in [-0.3, -0.25) is 14.5 Å². The van der Waals surface area contributed by atoms with Crippen LogP contribution in [0.4, 0.5) is 0 Å². The summed E-state index contributed by atoms with van der Waals surface area (Å²) in [5, 5.41) is 0. The largest absolute Gasteiger partial charge is 0.275 e. The molecule has 0 saturated carbocycles. The van der Waals surface area contributed by atoms with Gasteiger partial charge in [-0.05, 0) is 113 Å². The van der Waals surface area contributed by atoms with Crippen LogP contribution in [-0.4, -0.2) is 23.3 Å². The summed E-state index contributed by atoms with van der Waals surface area (Å²) in [5.41, 5.74) is 0.156. The first kappa shape index (κ1) is 86.2. The molecule has 0 fully saturated rings. The van der Waals surface area contributed by atoms with Crippen molar-refractivity contribution in [1.29, 1.82) is 0 Å². The molecule has 1 aliphatic rings. The van der Waals surface area contributed by atoms with Gasteiger partial charge in [0.05, 0.1) is 0 Å². The van der Waals surface area contributed by atoms with Crippen molar-refractivity contribution in [3.05, 3.63) is 12.2 Å². The van der Waals surface area contributed by atoms with Gasteiger partial charge in [-0.1, -0.05) is 26.7 Å². The molecule has 0 aromatic carbocycles. The van der Waals surface area contributed by atoms with Crippen LogP contribution in [0.15, 0.2) is 12.2 Å². The molecule has 1 aliphatic heterocycles. The summed E-state index contributed by atoms with van der Waals surface area (Å²) < 4.78 is 0. The van der Waals surface area contributed by atoms with E-state index in [1.54, 1.807) is 6.92 Å². The standard InChI is InChI=1S/C95H4.C10H15NO2/c1-3-5-7-9-11-13-15-17-19-21-23-25-27-29-31-33-35-37-39-41-43-45-47-49-51-53-55-57-59-61-63-65-67-69-71-73-75-77-79-81-83-85-87-89-91-93-95-94-92-90-88-86-84-82-80-78-76-74-72-70-68-66-64-62-60-58-56-54-52-50-48-46-44-42-40-38-36-34-32-30-28-26-24-22-20-18-16-14-12-10-8-6-4-2;1-10(2,3)6-7-11-8(12)4-5-9(11)13/h1H,2H3;4-5H,6-7H2,1-3H3. The first-order valence-corrected chi connectivity index (χ1v) is 28.2. The molecule has 0 saturated heterocycles. The zero-order chi connectivity index (χ0) is 77.8. The van der Waals surface area contributed by atoms with Gasteiger partial charge < -0.3 is 0 Å². The van der Waals surface area contributed by atoms with Crippen molar-refractivity contribution < 1.29 is 9.59 Å². The number of terminal acetylenes is 1. The molecular weight excluding hydrogens is 1310 g/mol. The molecule has 0 aromatic rings. The average molecular weight is 1330 g/mol. The smallest absolute Gasteiger partial charge is 0.253 e. The fourth-order valence-corrected chi connectivity index (χ4v) is 3.98. The molecule has 0 bridgehead atoms. The summed E-state index contributed by atoms with van der Waals surface area (Å²) in [6.45, 7) is 8.47. The van der Waals surface area contributed by atoms with Crippen molar-refractivity contribution in [2.45, 2.75) is 34.1 Å². The molecule has 2 amide bonds. The van der Waals surface area contributed by atoms with Crippen LogP contribution in [-0.2, 0) is 9.59 Å². The van der Waals surface area contributed by atoms with Crippen LogP contribution >= 0.6 is 0 Å². The van der Waals surface area contributed by atoms with Crippen LogP contribution in [0.1, 0.15) is 34.1 Å². The quantitative estimate of drug-likeness (QED) is 0.315. The second-order valence-electron chi connectivity index (χ2n) is 16.2. The number of nitrogens with zero attached hydrogens (tertiary/aromatic N) is 1. The Hall–Kier alpha value is -21.8. The molecule has 3 heteroatoms. The van der Waals surface area contributed by atoms with E-state index in [0.717, 1.165) is 6.42 Å². The second-order valence-corrected chi connectivity index (χ2v) is 16.2. The number of carbonyl (C=O) groups excluding carboxylic acids is 2. The van der Waals surface area contributed by atoms with Crippen LogP contribution < -0.4 is 0 Å². The van der Waals surface area contributed by atoms with Crippen molar-refractivity contribution in [3.63, 3.8) is 0 Å². The van der Waals surface area contributed by atoms with Crippen LogP contribution in [0.25, 0.3) is 0 Å². The van der Waals surface area contributed by atoms with E-state index in [-0.39, 0.29) is 17.2 Å². The fraction of sp³-hybridized carbons (Fsp3) is 0.0667. The topological polar surface area (TPSA) is 37.4 Å². The third-order valence-corrected chi connectivity index (χ3v) is 7.81.